The second-order valence-corrected chi connectivity index (χ2v) is 12.8. The summed E-state index contributed by atoms with van der Waals surface area (Å²) in [6, 6.07) is 16.1. The third-order valence-electron chi connectivity index (χ3n) is 8.14. The summed E-state index contributed by atoms with van der Waals surface area (Å²) in [6.45, 7) is 0.857. The molecular weight excluding hydrogens is 572 g/mol. The summed E-state index contributed by atoms with van der Waals surface area (Å²) in [5.41, 5.74) is 4.87. The van der Waals surface area contributed by atoms with Crippen molar-refractivity contribution in [3.63, 3.8) is 0 Å². The smallest absolute Gasteiger partial charge is 0.255 e. The van der Waals surface area contributed by atoms with Crippen LogP contribution in [0.25, 0.3) is 0 Å². The molecule has 0 bridgehead atoms. The molecule has 2 aromatic carbocycles. The van der Waals surface area contributed by atoms with E-state index in [0.717, 1.165) is 19.1 Å². The van der Waals surface area contributed by atoms with Crippen LogP contribution in [-0.2, 0) is 26.3 Å². The van der Waals surface area contributed by atoms with E-state index in [-0.39, 0.29) is 12.5 Å². The van der Waals surface area contributed by atoms with E-state index in [1.807, 2.05) is 18.2 Å². The molecule has 3 aliphatic rings. The van der Waals surface area contributed by atoms with Crippen molar-refractivity contribution in [1.29, 1.82) is 0 Å². The minimum absolute atomic E-state index is 0.0568. The molecule has 43 heavy (non-hydrogen) atoms. The first-order chi connectivity index (χ1) is 20.8. The molecule has 0 saturated heterocycles. The topological polar surface area (TPSA) is 136 Å². The molecule has 0 spiro atoms. The lowest BCUT2D eigenvalue weighted by molar-refractivity contribution is -0.138. The van der Waals surface area contributed by atoms with Gasteiger partial charge in [-0.1, -0.05) is 43.2 Å². The normalized spacial score (nSPS) is 23.4. The first-order valence-electron chi connectivity index (χ1n) is 14.4. The van der Waals surface area contributed by atoms with Crippen LogP contribution >= 0.6 is 0 Å². The monoisotopic (exact) mass is 606 g/mol. The summed E-state index contributed by atoms with van der Waals surface area (Å²) in [5, 5.41) is 0. The predicted molar refractivity (Wildman–Crippen MR) is 157 cm³/mol. The minimum atomic E-state index is -3.57. The van der Waals surface area contributed by atoms with Crippen LogP contribution in [-0.4, -0.2) is 61.7 Å². The average molecular weight is 607 g/mol. The highest BCUT2D eigenvalue weighted by atomic mass is 32.2. The number of carbonyl (C=O) groups is 2. The van der Waals surface area contributed by atoms with Gasteiger partial charge in [0.25, 0.3) is 11.8 Å². The van der Waals surface area contributed by atoms with Crippen LogP contribution in [0, 0.1) is 0 Å². The first-order valence-corrected chi connectivity index (χ1v) is 16.3. The Balaban J connectivity index is 1.44. The van der Waals surface area contributed by atoms with E-state index < -0.39 is 40.0 Å². The molecule has 3 aromatic rings. The standard InChI is InChI=1S/C31H34N4O7S/c1-43(38,39)34-24-11-4-5-12-25(24)35-29(20-13-14-26-27(18-20)41-17-16-40-26)28(22-9-2-3-10-23(22)31(35)37)30(36)33-42-19-21-8-6-7-15-32-21/h2-3,6-10,13-15,18,24-25,28-29,34H,4-5,11-12,16-17,19H2,1H3,(H,33,36)/t24-,25-,28+,29-/m0/s1. The van der Waals surface area contributed by atoms with E-state index in [1.54, 1.807) is 53.6 Å². The Morgan fingerprint density at radius 1 is 1.02 bits per heavy atom. The number of carbonyl (C=O) groups excluding carboxylic acids is 2. The molecule has 2 N–H and O–H groups in total. The maximum absolute atomic E-state index is 14.4. The predicted octanol–water partition coefficient (Wildman–Crippen LogP) is 3.24. The van der Waals surface area contributed by atoms with Gasteiger partial charge in [0, 0.05) is 23.8 Å². The third-order valence-corrected chi connectivity index (χ3v) is 8.87. The van der Waals surface area contributed by atoms with Crippen LogP contribution in [0.4, 0.5) is 0 Å². The fourth-order valence-electron chi connectivity index (χ4n) is 6.38. The molecular formula is C31H34N4O7S. The van der Waals surface area contributed by atoms with Gasteiger partial charge in [0.1, 0.15) is 19.8 Å². The number of aromatic nitrogens is 1. The van der Waals surface area contributed by atoms with Crippen molar-refractivity contribution in [1.82, 2.24) is 20.1 Å². The van der Waals surface area contributed by atoms with Gasteiger partial charge in [-0.2, -0.15) is 0 Å². The molecule has 0 unspecified atom stereocenters. The van der Waals surface area contributed by atoms with Gasteiger partial charge in [0.05, 0.1) is 23.9 Å². The fraction of sp³-hybridized carbons (Fsp3) is 0.387. The van der Waals surface area contributed by atoms with Crippen LogP contribution in [0.3, 0.4) is 0 Å². The third kappa shape index (κ3) is 6.22. The van der Waals surface area contributed by atoms with Gasteiger partial charge in [-0.25, -0.2) is 18.6 Å². The number of sulfonamides is 1. The van der Waals surface area contributed by atoms with Crippen LogP contribution < -0.4 is 19.7 Å². The number of amides is 2. The van der Waals surface area contributed by atoms with Crippen molar-refractivity contribution >= 4 is 21.8 Å². The fourth-order valence-corrected chi connectivity index (χ4v) is 7.21. The molecule has 2 amide bonds. The number of nitrogens with zero attached hydrogens (tertiary/aromatic N) is 2. The Morgan fingerprint density at radius 2 is 1.79 bits per heavy atom. The molecule has 1 aromatic heterocycles. The van der Waals surface area contributed by atoms with Gasteiger partial charge in [0.2, 0.25) is 10.0 Å². The Bertz CT molecular complexity index is 1600. The van der Waals surface area contributed by atoms with Crippen molar-refractivity contribution in [2.75, 3.05) is 19.5 Å². The van der Waals surface area contributed by atoms with E-state index >= 15 is 0 Å². The number of hydrogen-bond acceptors (Lipinski definition) is 8. The minimum Gasteiger partial charge on any atom is -0.486 e. The number of hydrogen-bond donors (Lipinski definition) is 2. The van der Waals surface area contributed by atoms with Crippen LogP contribution in [0.2, 0.25) is 0 Å². The molecule has 0 radical (unpaired) electrons. The number of pyridine rings is 1. The van der Waals surface area contributed by atoms with E-state index in [2.05, 4.69) is 15.2 Å². The van der Waals surface area contributed by atoms with Gasteiger partial charge in [0.15, 0.2) is 11.5 Å². The lowest BCUT2D eigenvalue weighted by Crippen LogP contribution is -2.59. The average Bonchev–Trinajstić information content (AvgIpc) is 3.01. The molecule has 2 aliphatic heterocycles. The summed E-state index contributed by atoms with van der Waals surface area (Å²) in [7, 11) is -3.57. The first kappa shape index (κ1) is 29.1. The summed E-state index contributed by atoms with van der Waals surface area (Å²) in [6.07, 6.45) is 5.55. The lowest BCUT2D eigenvalue weighted by atomic mass is 9.76. The number of rotatable bonds is 8. The zero-order valence-electron chi connectivity index (χ0n) is 23.8. The molecule has 4 atom stereocenters. The summed E-state index contributed by atoms with van der Waals surface area (Å²) < 4.78 is 39.2. The maximum Gasteiger partial charge on any atom is 0.255 e. The lowest BCUT2D eigenvalue weighted by Gasteiger charge is -2.49. The number of benzene rings is 2. The largest absolute Gasteiger partial charge is 0.486 e. The Kier molecular flexibility index (Phi) is 8.33. The number of nitrogens with one attached hydrogen (secondary N) is 2. The molecule has 1 saturated carbocycles. The second-order valence-electron chi connectivity index (χ2n) is 11.0. The number of ether oxygens (including phenoxy) is 2. The van der Waals surface area contributed by atoms with Crippen molar-refractivity contribution in [3.8, 4) is 11.5 Å². The molecule has 11 nitrogen and oxygen atoms in total. The van der Waals surface area contributed by atoms with Gasteiger partial charge < -0.3 is 14.4 Å². The van der Waals surface area contributed by atoms with Gasteiger partial charge in [-0.15, -0.1) is 0 Å². The SMILES string of the molecule is CS(=O)(=O)N[C@H]1CCCC[C@@H]1N1C(=O)c2ccccc2[C@@H](C(=O)NOCc2ccccn2)[C@@H]1c1ccc2c(c1)OCCO2. The highest BCUT2D eigenvalue weighted by Gasteiger charge is 2.49. The van der Waals surface area contributed by atoms with Crippen LogP contribution in [0.5, 0.6) is 11.5 Å². The van der Waals surface area contributed by atoms with E-state index in [4.69, 9.17) is 14.3 Å². The summed E-state index contributed by atoms with van der Waals surface area (Å²) >= 11 is 0. The van der Waals surface area contributed by atoms with Gasteiger partial charge >= 0.3 is 0 Å². The van der Waals surface area contributed by atoms with Gasteiger partial charge in [-0.3, -0.25) is 19.4 Å². The van der Waals surface area contributed by atoms with Crippen LogP contribution in [0.1, 0.15) is 64.8 Å². The molecule has 226 valence electrons. The Hall–Kier alpha value is -4.00. The van der Waals surface area contributed by atoms with Crippen LogP contribution in [0.15, 0.2) is 66.9 Å². The summed E-state index contributed by atoms with van der Waals surface area (Å²) in [4.78, 5) is 40.1. The van der Waals surface area contributed by atoms with Crippen molar-refractivity contribution in [2.24, 2.45) is 0 Å². The highest BCUT2D eigenvalue weighted by Crippen LogP contribution is 2.47. The summed E-state index contributed by atoms with van der Waals surface area (Å²) in [5.74, 6) is -0.473. The Labute approximate surface area is 250 Å². The van der Waals surface area contributed by atoms with Crippen molar-refractivity contribution in [2.45, 2.75) is 56.3 Å². The highest BCUT2D eigenvalue weighted by molar-refractivity contribution is 7.88. The zero-order chi connectivity index (χ0) is 30.0. The maximum atomic E-state index is 14.4. The van der Waals surface area contributed by atoms with E-state index in [1.165, 1.54) is 0 Å². The van der Waals surface area contributed by atoms with E-state index in [0.29, 0.717) is 59.9 Å². The van der Waals surface area contributed by atoms with Gasteiger partial charge in [-0.05, 0) is 54.3 Å². The van der Waals surface area contributed by atoms with E-state index in [9.17, 15) is 18.0 Å². The van der Waals surface area contributed by atoms with Crippen molar-refractivity contribution < 1.29 is 32.3 Å². The Morgan fingerprint density at radius 3 is 2.58 bits per heavy atom. The molecule has 1 aliphatic carbocycles. The molecule has 3 heterocycles. The molecule has 1 fully saturated rings. The number of fused-ring (bicyclic) bond motifs is 2. The number of hydroxylamine groups is 1. The molecule has 12 heteroatoms. The second kappa shape index (κ2) is 12.3. The van der Waals surface area contributed by atoms with Crippen molar-refractivity contribution in [3.05, 3.63) is 89.2 Å². The zero-order valence-corrected chi connectivity index (χ0v) is 24.6. The quantitative estimate of drug-likeness (QED) is 0.373. The molecule has 6 rings (SSSR count).